The number of hydrogen-bond acceptors (Lipinski definition) is 4. The Balaban J connectivity index is 1.85. The van der Waals surface area contributed by atoms with Gasteiger partial charge in [0.2, 0.25) is 0 Å². The second-order valence-corrected chi connectivity index (χ2v) is 4.39. The van der Waals surface area contributed by atoms with Crippen molar-refractivity contribution in [1.82, 2.24) is 4.90 Å². The van der Waals surface area contributed by atoms with Gasteiger partial charge in [0.1, 0.15) is 6.04 Å². The molecule has 2 rings (SSSR count). The molecule has 1 saturated carbocycles. The average molecular weight is 227 g/mol. The number of carbonyl (C=O) groups excluding carboxylic acids is 2. The van der Waals surface area contributed by atoms with Gasteiger partial charge in [0.05, 0.1) is 13.7 Å². The predicted molar refractivity (Wildman–Crippen MR) is 55.8 cm³/mol. The molecule has 1 atom stereocenters. The lowest BCUT2D eigenvalue weighted by Crippen LogP contribution is -2.41. The third-order valence-electron chi connectivity index (χ3n) is 3.09. The van der Waals surface area contributed by atoms with E-state index in [0.717, 1.165) is 19.3 Å². The fourth-order valence-electron chi connectivity index (χ4n) is 1.93. The molecule has 16 heavy (non-hydrogen) atoms. The Morgan fingerprint density at radius 1 is 1.31 bits per heavy atom. The molecule has 1 heterocycles. The molecule has 0 aromatic heterocycles. The molecule has 0 N–H and O–H groups in total. The van der Waals surface area contributed by atoms with Crippen LogP contribution in [-0.2, 0) is 14.3 Å². The van der Waals surface area contributed by atoms with Crippen molar-refractivity contribution in [2.45, 2.75) is 31.7 Å². The fourth-order valence-corrected chi connectivity index (χ4v) is 1.93. The summed E-state index contributed by atoms with van der Waals surface area (Å²) >= 11 is 0. The van der Waals surface area contributed by atoms with Crippen molar-refractivity contribution >= 4 is 12.1 Å². The molecular formula is C11H17NO4. The van der Waals surface area contributed by atoms with Gasteiger partial charge in [-0.2, -0.15) is 0 Å². The van der Waals surface area contributed by atoms with Crippen molar-refractivity contribution < 1.29 is 19.1 Å². The van der Waals surface area contributed by atoms with Crippen LogP contribution in [0.1, 0.15) is 25.7 Å². The lowest BCUT2D eigenvalue weighted by atomic mass is 10.2. The number of methoxy groups -OCH3 is 1. The minimum Gasteiger partial charge on any atom is -0.464 e. The third-order valence-corrected chi connectivity index (χ3v) is 3.09. The zero-order valence-corrected chi connectivity index (χ0v) is 9.48. The molecule has 90 valence electrons. The number of esters is 1. The van der Waals surface area contributed by atoms with E-state index >= 15 is 0 Å². The highest BCUT2D eigenvalue weighted by atomic mass is 16.6. The SMILES string of the molecule is COC(=O)N1CCCC1C(=O)OCC1CC1. The van der Waals surface area contributed by atoms with Gasteiger partial charge < -0.3 is 9.47 Å². The topological polar surface area (TPSA) is 55.8 Å². The molecule has 5 heteroatoms. The van der Waals surface area contributed by atoms with Crippen molar-refractivity contribution in [3.8, 4) is 0 Å². The number of amides is 1. The van der Waals surface area contributed by atoms with Crippen molar-refractivity contribution in [2.24, 2.45) is 5.92 Å². The maximum Gasteiger partial charge on any atom is 0.410 e. The minimum absolute atomic E-state index is 0.283. The standard InChI is InChI=1S/C11H17NO4/c1-15-11(14)12-6-2-3-9(12)10(13)16-7-8-4-5-8/h8-9H,2-7H2,1H3. The van der Waals surface area contributed by atoms with Gasteiger partial charge in [0.15, 0.2) is 0 Å². The summed E-state index contributed by atoms with van der Waals surface area (Å²) in [6.07, 6.45) is 3.37. The quantitative estimate of drug-likeness (QED) is 0.679. The molecule has 5 nitrogen and oxygen atoms in total. The smallest absolute Gasteiger partial charge is 0.410 e. The predicted octanol–water partition coefficient (Wildman–Crippen LogP) is 1.17. The summed E-state index contributed by atoms with van der Waals surface area (Å²) in [5.41, 5.74) is 0. The van der Waals surface area contributed by atoms with Crippen LogP contribution in [0.5, 0.6) is 0 Å². The summed E-state index contributed by atoms with van der Waals surface area (Å²) in [5.74, 6) is 0.270. The number of rotatable bonds is 3. The van der Waals surface area contributed by atoms with Crippen molar-refractivity contribution in [2.75, 3.05) is 20.3 Å². The van der Waals surface area contributed by atoms with E-state index < -0.39 is 12.1 Å². The van der Waals surface area contributed by atoms with Crippen LogP contribution in [0.3, 0.4) is 0 Å². The Hall–Kier alpha value is -1.26. The first-order valence-electron chi connectivity index (χ1n) is 5.73. The average Bonchev–Trinajstić information content (AvgIpc) is 2.99. The Morgan fingerprint density at radius 3 is 2.69 bits per heavy atom. The molecule has 1 aliphatic carbocycles. The molecule has 0 radical (unpaired) electrons. The van der Waals surface area contributed by atoms with Crippen LogP contribution in [0.15, 0.2) is 0 Å². The van der Waals surface area contributed by atoms with Gasteiger partial charge in [0, 0.05) is 6.54 Å². The highest BCUT2D eigenvalue weighted by molar-refractivity contribution is 5.82. The molecular weight excluding hydrogens is 210 g/mol. The van der Waals surface area contributed by atoms with Crippen LogP contribution in [0.25, 0.3) is 0 Å². The summed E-state index contributed by atoms with van der Waals surface area (Å²) in [7, 11) is 1.33. The molecule has 2 fully saturated rings. The Bertz CT molecular complexity index is 288. The van der Waals surface area contributed by atoms with E-state index in [-0.39, 0.29) is 5.97 Å². The first-order valence-corrected chi connectivity index (χ1v) is 5.73. The number of ether oxygens (including phenoxy) is 2. The molecule has 1 aliphatic heterocycles. The highest BCUT2D eigenvalue weighted by Crippen LogP contribution is 2.29. The summed E-state index contributed by atoms with van der Waals surface area (Å²) in [5, 5.41) is 0. The van der Waals surface area contributed by atoms with E-state index in [4.69, 9.17) is 4.74 Å². The van der Waals surface area contributed by atoms with Gasteiger partial charge in [-0.05, 0) is 31.6 Å². The minimum atomic E-state index is -0.439. The molecule has 1 saturated heterocycles. The van der Waals surface area contributed by atoms with Crippen LogP contribution >= 0.6 is 0 Å². The zero-order valence-electron chi connectivity index (χ0n) is 9.48. The van der Waals surface area contributed by atoms with Gasteiger partial charge in [-0.1, -0.05) is 0 Å². The third kappa shape index (κ3) is 2.46. The molecule has 0 bridgehead atoms. The molecule has 0 aromatic rings. The summed E-state index contributed by atoms with van der Waals surface area (Å²) < 4.78 is 9.82. The van der Waals surface area contributed by atoms with E-state index in [0.29, 0.717) is 25.5 Å². The van der Waals surface area contributed by atoms with Crippen LogP contribution in [0, 0.1) is 5.92 Å². The number of likely N-dealkylation sites (tertiary alicyclic amines) is 1. The molecule has 1 unspecified atom stereocenters. The van der Waals surface area contributed by atoms with E-state index in [2.05, 4.69) is 4.74 Å². The van der Waals surface area contributed by atoms with Crippen molar-refractivity contribution in [3.63, 3.8) is 0 Å². The second-order valence-electron chi connectivity index (χ2n) is 4.39. The lowest BCUT2D eigenvalue weighted by Gasteiger charge is -2.21. The number of carbonyl (C=O) groups is 2. The van der Waals surface area contributed by atoms with E-state index in [1.807, 2.05) is 0 Å². The Morgan fingerprint density at radius 2 is 2.06 bits per heavy atom. The van der Waals surface area contributed by atoms with Crippen LogP contribution in [0.4, 0.5) is 4.79 Å². The highest BCUT2D eigenvalue weighted by Gasteiger charge is 2.36. The van der Waals surface area contributed by atoms with Crippen molar-refractivity contribution in [3.05, 3.63) is 0 Å². The van der Waals surface area contributed by atoms with Crippen molar-refractivity contribution in [1.29, 1.82) is 0 Å². The first-order chi connectivity index (χ1) is 7.72. The van der Waals surface area contributed by atoms with Gasteiger partial charge in [-0.25, -0.2) is 9.59 Å². The van der Waals surface area contributed by atoms with E-state index in [9.17, 15) is 9.59 Å². The van der Waals surface area contributed by atoms with Crippen LogP contribution in [0.2, 0.25) is 0 Å². The van der Waals surface area contributed by atoms with Crippen LogP contribution in [-0.4, -0.2) is 43.3 Å². The molecule has 2 aliphatic rings. The lowest BCUT2D eigenvalue weighted by molar-refractivity contribution is -0.148. The van der Waals surface area contributed by atoms with E-state index in [1.165, 1.54) is 12.0 Å². The van der Waals surface area contributed by atoms with Gasteiger partial charge in [-0.3, -0.25) is 4.90 Å². The maximum absolute atomic E-state index is 11.7. The Kier molecular flexibility index (Phi) is 3.31. The Labute approximate surface area is 94.7 Å². The second kappa shape index (κ2) is 4.72. The molecule has 1 amide bonds. The summed E-state index contributed by atoms with van der Waals surface area (Å²) in [6.45, 7) is 1.08. The van der Waals surface area contributed by atoms with Gasteiger partial charge >= 0.3 is 12.1 Å². The summed E-state index contributed by atoms with van der Waals surface area (Å²) in [6, 6.07) is -0.439. The van der Waals surface area contributed by atoms with Gasteiger partial charge in [-0.15, -0.1) is 0 Å². The molecule has 0 spiro atoms. The first kappa shape index (κ1) is 11.2. The summed E-state index contributed by atoms with van der Waals surface area (Å²) in [4.78, 5) is 24.6. The largest absolute Gasteiger partial charge is 0.464 e. The monoisotopic (exact) mass is 227 g/mol. The fraction of sp³-hybridized carbons (Fsp3) is 0.818. The van der Waals surface area contributed by atoms with Gasteiger partial charge in [0.25, 0.3) is 0 Å². The zero-order chi connectivity index (χ0) is 11.5. The number of nitrogens with zero attached hydrogens (tertiary/aromatic N) is 1. The van der Waals surface area contributed by atoms with Crippen LogP contribution < -0.4 is 0 Å². The normalized spacial score (nSPS) is 24.3. The number of hydrogen-bond donors (Lipinski definition) is 0. The molecule has 0 aromatic carbocycles. The van der Waals surface area contributed by atoms with E-state index in [1.54, 1.807) is 0 Å². The maximum atomic E-state index is 11.7.